The van der Waals surface area contributed by atoms with E-state index in [0.29, 0.717) is 49.8 Å². The van der Waals surface area contributed by atoms with Gasteiger partial charge in [-0.1, -0.05) is 42.8 Å². The minimum atomic E-state index is -4.62. The quantitative estimate of drug-likeness (QED) is 0.259. The van der Waals surface area contributed by atoms with E-state index in [9.17, 15) is 36.6 Å². The molecule has 2 aromatic rings. The van der Waals surface area contributed by atoms with Gasteiger partial charge in [0.1, 0.15) is 0 Å². The Labute approximate surface area is 275 Å². The monoisotopic (exact) mass is 677 g/mol. The maximum atomic E-state index is 14.2. The van der Waals surface area contributed by atoms with Crippen molar-refractivity contribution in [2.24, 2.45) is 5.41 Å². The van der Waals surface area contributed by atoms with E-state index < -0.39 is 50.6 Å². The van der Waals surface area contributed by atoms with Crippen molar-refractivity contribution in [3.63, 3.8) is 0 Å². The number of hydrogen-bond donors (Lipinski definition) is 2. The zero-order chi connectivity index (χ0) is 34.2. The van der Waals surface area contributed by atoms with Crippen LogP contribution in [0.25, 0.3) is 0 Å². The van der Waals surface area contributed by atoms with Crippen molar-refractivity contribution < 1.29 is 41.3 Å². The molecule has 7 nitrogen and oxygen atoms in total. The first-order valence-corrected chi connectivity index (χ1v) is 18.3. The third-order valence-electron chi connectivity index (χ3n) is 10.7. The molecule has 0 aromatic heterocycles. The number of ketones is 1. The third-order valence-corrected chi connectivity index (χ3v) is 11.9. The number of carbonyl (C=O) groups excluding carboxylic acids is 1. The summed E-state index contributed by atoms with van der Waals surface area (Å²) in [5.74, 6) is -0.976. The van der Waals surface area contributed by atoms with E-state index in [-0.39, 0.29) is 43.2 Å². The van der Waals surface area contributed by atoms with Crippen molar-refractivity contribution in [1.82, 2.24) is 4.31 Å². The number of benzene rings is 2. The Hall–Kier alpha value is -2.57. The van der Waals surface area contributed by atoms with Crippen molar-refractivity contribution in [2.75, 3.05) is 26.0 Å². The topological polar surface area (TPSA) is 104 Å². The van der Waals surface area contributed by atoms with E-state index in [4.69, 9.17) is 4.74 Å². The summed E-state index contributed by atoms with van der Waals surface area (Å²) < 4.78 is 74.1. The molecule has 5 unspecified atom stereocenters. The van der Waals surface area contributed by atoms with Crippen LogP contribution < -0.4 is 0 Å². The predicted octanol–water partition coefficient (Wildman–Crippen LogP) is 6.42. The van der Waals surface area contributed by atoms with Gasteiger partial charge in [-0.05, 0) is 100.0 Å². The summed E-state index contributed by atoms with van der Waals surface area (Å²) in [6.07, 6.45) is 2.45. The number of hydrogen-bond acceptors (Lipinski definition) is 6. The molecule has 4 aliphatic rings. The Morgan fingerprint density at radius 3 is 2.55 bits per heavy atom. The number of carbonyl (C=O) groups is 1. The van der Waals surface area contributed by atoms with Gasteiger partial charge in [0, 0.05) is 36.2 Å². The first-order valence-electron chi connectivity index (χ1n) is 16.5. The van der Waals surface area contributed by atoms with Gasteiger partial charge in [0.05, 0.1) is 29.6 Å². The van der Waals surface area contributed by atoms with Crippen LogP contribution in [0.1, 0.15) is 104 Å². The fraction of sp³-hybridized carbons (Fsp3) is 0.583. The lowest BCUT2D eigenvalue weighted by molar-refractivity contribution is -0.137. The Bertz CT molecular complexity index is 1600. The molecule has 0 amide bonds. The van der Waals surface area contributed by atoms with Gasteiger partial charge in [-0.25, -0.2) is 8.42 Å². The molecule has 258 valence electrons. The molecular weight excluding hydrogens is 631 g/mol. The van der Waals surface area contributed by atoms with Crippen LogP contribution in [0.5, 0.6) is 0 Å². The van der Waals surface area contributed by atoms with E-state index in [2.05, 4.69) is 6.08 Å². The molecule has 2 bridgehead atoms. The number of rotatable bonds is 7. The Morgan fingerprint density at radius 1 is 1.11 bits per heavy atom. The highest BCUT2D eigenvalue weighted by atomic mass is 32.2. The molecule has 0 spiro atoms. The standard InChI is InChI=1S/C36H46F3NO6S/c1-24-7-5-16-34(2)32(15-17-35(34,43)23-40(47(3,44)45)22-29-10-6-18-46-29)30-14-12-25(19-28(41)13-11-24)20-31(30)33(42)26-8-4-9-27(21-26)36(37,38)39/h4,7-9,12,14,20-21,28-29,32,41,43H,5-6,10-11,13,15-19,22-23H2,1-3H3. The molecule has 1 aliphatic heterocycles. The maximum Gasteiger partial charge on any atom is 0.416 e. The zero-order valence-electron chi connectivity index (χ0n) is 27.4. The van der Waals surface area contributed by atoms with E-state index in [0.717, 1.165) is 36.8 Å². The second-order valence-corrected chi connectivity index (χ2v) is 16.0. The fourth-order valence-corrected chi connectivity index (χ4v) is 8.70. The summed E-state index contributed by atoms with van der Waals surface area (Å²) >= 11 is 0. The van der Waals surface area contributed by atoms with Gasteiger partial charge in [-0.2, -0.15) is 17.5 Å². The summed E-state index contributed by atoms with van der Waals surface area (Å²) in [5.41, 5.74) is -0.773. The van der Waals surface area contributed by atoms with Gasteiger partial charge in [0.2, 0.25) is 10.0 Å². The summed E-state index contributed by atoms with van der Waals surface area (Å²) in [6, 6.07) is 9.70. The van der Waals surface area contributed by atoms with Crippen LogP contribution in [0, 0.1) is 5.41 Å². The van der Waals surface area contributed by atoms with Gasteiger partial charge in [-0.3, -0.25) is 4.79 Å². The smallest absolute Gasteiger partial charge is 0.393 e. The van der Waals surface area contributed by atoms with Crippen molar-refractivity contribution in [3.05, 3.63) is 81.9 Å². The predicted molar refractivity (Wildman–Crippen MR) is 174 cm³/mol. The molecule has 1 heterocycles. The number of fused-ring (bicyclic) bond motifs is 8. The lowest BCUT2D eigenvalue weighted by Crippen LogP contribution is -2.54. The van der Waals surface area contributed by atoms with Crippen LogP contribution in [0.4, 0.5) is 13.2 Å². The fourth-order valence-electron chi connectivity index (χ4n) is 7.81. The third kappa shape index (κ3) is 7.85. The number of aliphatic hydroxyl groups excluding tert-OH is 1. The van der Waals surface area contributed by atoms with Gasteiger partial charge >= 0.3 is 6.18 Å². The molecule has 2 fully saturated rings. The zero-order valence-corrected chi connectivity index (χ0v) is 28.2. The van der Waals surface area contributed by atoms with Gasteiger partial charge in [0.15, 0.2) is 5.78 Å². The molecular formula is C36H46F3NO6S. The van der Waals surface area contributed by atoms with Gasteiger partial charge in [-0.15, -0.1) is 0 Å². The molecule has 47 heavy (non-hydrogen) atoms. The summed E-state index contributed by atoms with van der Waals surface area (Å²) in [4.78, 5) is 14.2. The van der Waals surface area contributed by atoms with Crippen molar-refractivity contribution in [1.29, 1.82) is 0 Å². The Balaban J connectivity index is 1.61. The van der Waals surface area contributed by atoms with Crippen molar-refractivity contribution >= 4 is 15.8 Å². The lowest BCUT2D eigenvalue weighted by atomic mass is 9.64. The maximum absolute atomic E-state index is 14.2. The molecule has 2 aromatic carbocycles. The Kier molecular flexibility index (Phi) is 10.4. The number of allylic oxidation sites excluding steroid dienone is 2. The number of ether oxygens (including phenoxy) is 1. The summed E-state index contributed by atoms with van der Waals surface area (Å²) in [5, 5.41) is 23.4. The normalized spacial score (nSPS) is 29.0. The first-order chi connectivity index (χ1) is 22.0. The SMILES string of the molecule is CC1=CCCC2(C)C(CCC2(O)CN(CC2CCCO2)S(C)(=O)=O)c2ccc(cc2C(=O)c2cccc(C(F)(F)F)c2)CC(O)CC1. The summed E-state index contributed by atoms with van der Waals surface area (Å²) in [6.45, 7) is 4.52. The van der Waals surface area contributed by atoms with Crippen LogP contribution >= 0.6 is 0 Å². The molecule has 1 saturated heterocycles. The van der Waals surface area contributed by atoms with Crippen molar-refractivity contribution in [3.8, 4) is 0 Å². The van der Waals surface area contributed by atoms with Gasteiger partial charge < -0.3 is 14.9 Å². The first kappa shape index (κ1) is 35.7. The number of nitrogens with zero attached hydrogens (tertiary/aromatic N) is 1. The van der Waals surface area contributed by atoms with Crippen LogP contribution in [0.2, 0.25) is 0 Å². The van der Waals surface area contributed by atoms with Crippen molar-refractivity contribution in [2.45, 2.75) is 102 Å². The molecule has 2 N–H and O–H groups in total. The van der Waals surface area contributed by atoms with E-state index in [1.54, 1.807) is 6.07 Å². The average Bonchev–Trinajstić information content (AvgIpc) is 3.60. The minimum absolute atomic E-state index is 0.103. The molecule has 11 heteroatoms. The molecule has 6 rings (SSSR count). The molecule has 1 saturated carbocycles. The molecule has 5 atom stereocenters. The largest absolute Gasteiger partial charge is 0.416 e. The highest BCUT2D eigenvalue weighted by Gasteiger charge is 2.58. The number of halogens is 3. The van der Waals surface area contributed by atoms with E-state index in [1.165, 1.54) is 16.4 Å². The van der Waals surface area contributed by atoms with Crippen LogP contribution in [-0.4, -0.2) is 72.5 Å². The molecule has 3 aliphatic carbocycles. The second kappa shape index (κ2) is 13.7. The number of aliphatic hydroxyl groups is 2. The number of alkyl halides is 3. The highest BCUT2D eigenvalue weighted by Crippen LogP contribution is 2.59. The second-order valence-electron chi connectivity index (χ2n) is 14.0. The molecule has 0 radical (unpaired) electrons. The van der Waals surface area contributed by atoms with E-state index >= 15 is 0 Å². The van der Waals surface area contributed by atoms with Crippen LogP contribution in [0.15, 0.2) is 54.1 Å². The Morgan fingerprint density at radius 2 is 1.87 bits per heavy atom. The minimum Gasteiger partial charge on any atom is -0.393 e. The van der Waals surface area contributed by atoms with E-state index in [1.807, 2.05) is 26.0 Å². The average molecular weight is 678 g/mol. The summed E-state index contributed by atoms with van der Waals surface area (Å²) in [7, 11) is -3.72. The van der Waals surface area contributed by atoms with Gasteiger partial charge in [0.25, 0.3) is 0 Å². The number of sulfonamides is 1. The lowest BCUT2D eigenvalue weighted by Gasteiger charge is -2.46. The van der Waals surface area contributed by atoms with Crippen LogP contribution in [0.3, 0.4) is 0 Å². The van der Waals surface area contributed by atoms with Crippen LogP contribution in [-0.2, 0) is 27.4 Å². The highest BCUT2D eigenvalue weighted by molar-refractivity contribution is 7.88.